The molecule has 3 unspecified atom stereocenters. The van der Waals surface area contributed by atoms with E-state index in [1.165, 1.54) is 19.3 Å². The normalized spacial score (nSPS) is 26.6. The number of imidazole rings is 1. The fourth-order valence-electron chi connectivity index (χ4n) is 3.36. The zero-order chi connectivity index (χ0) is 14.1. The van der Waals surface area contributed by atoms with Crippen LogP contribution in [0.15, 0.2) is 30.9 Å². The van der Waals surface area contributed by atoms with E-state index in [0.717, 1.165) is 17.2 Å². The summed E-state index contributed by atoms with van der Waals surface area (Å²) in [7, 11) is 0. The van der Waals surface area contributed by atoms with E-state index in [2.05, 4.69) is 28.4 Å². The minimum atomic E-state index is 0.510. The molecule has 0 aromatic carbocycles. The van der Waals surface area contributed by atoms with Gasteiger partial charge < -0.3 is 10.3 Å². The van der Waals surface area contributed by atoms with Gasteiger partial charge in [-0.1, -0.05) is 26.7 Å². The second kappa shape index (κ2) is 5.27. The summed E-state index contributed by atoms with van der Waals surface area (Å²) in [5.41, 5.74) is 8.09. The highest BCUT2D eigenvalue weighted by molar-refractivity contribution is 5.70. The number of nitrogens with zero attached hydrogens (tertiary/aromatic N) is 3. The summed E-state index contributed by atoms with van der Waals surface area (Å²) in [6, 6.07) is 4.46. The number of hydrogen-bond donors (Lipinski definition) is 1. The van der Waals surface area contributed by atoms with Crippen LogP contribution in [0.5, 0.6) is 0 Å². The van der Waals surface area contributed by atoms with E-state index in [1.54, 1.807) is 6.20 Å². The van der Waals surface area contributed by atoms with E-state index in [-0.39, 0.29) is 0 Å². The van der Waals surface area contributed by atoms with Gasteiger partial charge in [0.2, 0.25) is 0 Å². The molecule has 1 aliphatic rings. The van der Waals surface area contributed by atoms with Crippen molar-refractivity contribution in [3.05, 3.63) is 30.9 Å². The smallest absolute Gasteiger partial charge is 0.132 e. The maximum Gasteiger partial charge on any atom is 0.132 e. The van der Waals surface area contributed by atoms with Gasteiger partial charge >= 0.3 is 0 Å². The van der Waals surface area contributed by atoms with Gasteiger partial charge in [0.1, 0.15) is 5.82 Å². The third-order valence-electron chi connectivity index (χ3n) is 4.80. The first-order valence-corrected chi connectivity index (χ1v) is 7.41. The molecule has 2 heterocycles. The molecule has 4 nitrogen and oxygen atoms in total. The predicted molar refractivity (Wildman–Crippen MR) is 81.1 cm³/mol. The first-order chi connectivity index (χ1) is 9.68. The lowest BCUT2D eigenvalue weighted by molar-refractivity contribution is 0.187. The molecule has 2 aromatic heterocycles. The van der Waals surface area contributed by atoms with Crippen LogP contribution in [0.4, 0.5) is 5.82 Å². The standard InChI is InChI=1S/C16H22N4/c1-11-5-3-7-14(12(11)2)20-10-18-9-15(20)13-6-4-8-19-16(13)17/h4,6,8-12,14H,3,5,7H2,1-2H3,(H2,17,19). The predicted octanol–water partition coefficient (Wildman–Crippen LogP) is 3.52. The van der Waals surface area contributed by atoms with Crippen molar-refractivity contribution in [2.75, 3.05) is 5.73 Å². The summed E-state index contributed by atoms with van der Waals surface area (Å²) < 4.78 is 2.30. The first kappa shape index (κ1) is 13.2. The summed E-state index contributed by atoms with van der Waals surface area (Å²) >= 11 is 0. The Morgan fingerprint density at radius 2 is 2.15 bits per heavy atom. The Bertz CT molecular complexity index is 590. The lowest BCUT2D eigenvalue weighted by Gasteiger charge is -2.35. The molecule has 0 bridgehead atoms. The molecule has 0 radical (unpaired) electrons. The topological polar surface area (TPSA) is 56.7 Å². The van der Waals surface area contributed by atoms with Crippen LogP contribution in [0, 0.1) is 11.8 Å². The van der Waals surface area contributed by atoms with Crippen molar-refractivity contribution in [2.45, 2.75) is 39.2 Å². The highest BCUT2D eigenvalue weighted by atomic mass is 15.1. The van der Waals surface area contributed by atoms with E-state index in [0.29, 0.717) is 17.8 Å². The van der Waals surface area contributed by atoms with Crippen LogP contribution in [0.1, 0.15) is 39.2 Å². The average Bonchev–Trinajstić information content (AvgIpc) is 2.91. The molecule has 20 heavy (non-hydrogen) atoms. The summed E-state index contributed by atoms with van der Waals surface area (Å²) in [4.78, 5) is 8.55. The Kier molecular flexibility index (Phi) is 3.47. The van der Waals surface area contributed by atoms with E-state index in [1.807, 2.05) is 24.7 Å². The Hall–Kier alpha value is -1.84. The van der Waals surface area contributed by atoms with Crippen molar-refractivity contribution in [3.63, 3.8) is 0 Å². The van der Waals surface area contributed by atoms with Crippen LogP contribution >= 0.6 is 0 Å². The second-order valence-corrected chi connectivity index (χ2v) is 5.96. The molecule has 0 spiro atoms. The molecule has 3 atom stereocenters. The maximum absolute atomic E-state index is 6.02. The molecule has 0 aliphatic heterocycles. The van der Waals surface area contributed by atoms with Crippen LogP contribution in [0.3, 0.4) is 0 Å². The van der Waals surface area contributed by atoms with Crippen molar-refractivity contribution in [1.82, 2.24) is 14.5 Å². The number of anilines is 1. The van der Waals surface area contributed by atoms with Crippen molar-refractivity contribution in [1.29, 1.82) is 0 Å². The lowest BCUT2D eigenvalue weighted by atomic mass is 9.78. The van der Waals surface area contributed by atoms with Gasteiger partial charge in [-0.05, 0) is 30.4 Å². The molecule has 2 N–H and O–H groups in total. The van der Waals surface area contributed by atoms with Gasteiger partial charge in [-0.15, -0.1) is 0 Å². The van der Waals surface area contributed by atoms with Crippen molar-refractivity contribution < 1.29 is 0 Å². The third kappa shape index (κ3) is 2.19. The van der Waals surface area contributed by atoms with Gasteiger partial charge in [-0.3, -0.25) is 0 Å². The van der Waals surface area contributed by atoms with Crippen LogP contribution in [-0.4, -0.2) is 14.5 Å². The minimum absolute atomic E-state index is 0.510. The van der Waals surface area contributed by atoms with Crippen LogP contribution in [0.2, 0.25) is 0 Å². The highest BCUT2D eigenvalue weighted by Gasteiger charge is 2.29. The fraction of sp³-hybridized carbons (Fsp3) is 0.500. The lowest BCUT2D eigenvalue weighted by Crippen LogP contribution is -2.27. The molecule has 2 aromatic rings. The zero-order valence-electron chi connectivity index (χ0n) is 12.2. The summed E-state index contributed by atoms with van der Waals surface area (Å²) in [5.74, 6) is 2.00. The summed E-state index contributed by atoms with van der Waals surface area (Å²) in [6.45, 7) is 4.71. The van der Waals surface area contributed by atoms with Gasteiger partial charge in [-0.25, -0.2) is 9.97 Å². The van der Waals surface area contributed by atoms with E-state index >= 15 is 0 Å². The van der Waals surface area contributed by atoms with E-state index in [9.17, 15) is 0 Å². The number of nitrogens with two attached hydrogens (primary N) is 1. The van der Waals surface area contributed by atoms with Gasteiger partial charge in [-0.2, -0.15) is 0 Å². The number of nitrogen functional groups attached to an aromatic ring is 1. The van der Waals surface area contributed by atoms with Crippen LogP contribution in [-0.2, 0) is 0 Å². The Morgan fingerprint density at radius 3 is 2.95 bits per heavy atom. The Balaban J connectivity index is 2.00. The summed E-state index contributed by atoms with van der Waals surface area (Å²) in [5, 5.41) is 0. The highest BCUT2D eigenvalue weighted by Crippen LogP contribution is 2.40. The number of aromatic nitrogens is 3. The quantitative estimate of drug-likeness (QED) is 0.908. The molecule has 3 rings (SSSR count). The zero-order valence-corrected chi connectivity index (χ0v) is 12.2. The van der Waals surface area contributed by atoms with E-state index < -0.39 is 0 Å². The van der Waals surface area contributed by atoms with Crippen molar-refractivity contribution >= 4 is 5.82 Å². The molecular weight excluding hydrogens is 248 g/mol. The molecule has 1 saturated carbocycles. The van der Waals surface area contributed by atoms with Gasteiger partial charge in [0, 0.05) is 17.8 Å². The van der Waals surface area contributed by atoms with Crippen molar-refractivity contribution in [3.8, 4) is 11.3 Å². The van der Waals surface area contributed by atoms with Crippen LogP contribution < -0.4 is 5.73 Å². The largest absolute Gasteiger partial charge is 0.383 e. The van der Waals surface area contributed by atoms with Gasteiger partial charge in [0.15, 0.2) is 0 Å². The van der Waals surface area contributed by atoms with Gasteiger partial charge in [0.25, 0.3) is 0 Å². The number of rotatable bonds is 2. The number of hydrogen-bond acceptors (Lipinski definition) is 3. The third-order valence-corrected chi connectivity index (χ3v) is 4.80. The summed E-state index contributed by atoms with van der Waals surface area (Å²) in [6.07, 6.45) is 9.41. The van der Waals surface area contributed by atoms with Crippen molar-refractivity contribution in [2.24, 2.45) is 11.8 Å². The molecule has 1 fully saturated rings. The van der Waals surface area contributed by atoms with E-state index in [4.69, 9.17) is 5.73 Å². The minimum Gasteiger partial charge on any atom is -0.383 e. The Morgan fingerprint density at radius 1 is 1.30 bits per heavy atom. The Labute approximate surface area is 120 Å². The SMILES string of the molecule is CC1CCCC(n2cncc2-c2cccnc2N)C1C. The molecule has 106 valence electrons. The maximum atomic E-state index is 6.02. The molecular formula is C16H22N4. The fourth-order valence-corrected chi connectivity index (χ4v) is 3.36. The molecule has 0 amide bonds. The second-order valence-electron chi connectivity index (χ2n) is 5.96. The van der Waals surface area contributed by atoms with Gasteiger partial charge in [0.05, 0.1) is 18.2 Å². The molecule has 0 saturated heterocycles. The first-order valence-electron chi connectivity index (χ1n) is 7.41. The molecule has 1 aliphatic carbocycles. The average molecular weight is 270 g/mol. The van der Waals surface area contributed by atoms with Crippen LogP contribution in [0.25, 0.3) is 11.3 Å². The molecule has 4 heteroatoms. The monoisotopic (exact) mass is 270 g/mol. The number of pyridine rings is 1.